The van der Waals surface area contributed by atoms with Gasteiger partial charge in [-0.15, -0.1) is 0 Å². The number of halogens is 1. The van der Waals surface area contributed by atoms with Gasteiger partial charge >= 0.3 is 10.8 Å². The number of hydrogen-bond acceptors (Lipinski definition) is 5. The normalized spacial score (nSPS) is 11.8. The molecule has 1 N–H and O–H groups in total. The van der Waals surface area contributed by atoms with Crippen molar-refractivity contribution in [2.75, 3.05) is 5.32 Å². The van der Waals surface area contributed by atoms with Crippen LogP contribution in [-0.4, -0.2) is 22.5 Å². The third-order valence-corrected chi connectivity index (χ3v) is 4.19. The van der Waals surface area contributed by atoms with E-state index in [1.165, 1.54) is 11.5 Å². The number of hydrogen-bond donors (Lipinski definition) is 1. The number of carbonyl (C=O) groups is 2. The maximum Gasteiger partial charge on any atom is 0.326 e. The zero-order valence-electron chi connectivity index (χ0n) is 12.5. The fraction of sp³-hybridized carbons (Fsp3) is 0.267. The molecule has 23 heavy (non-hydrogen) atoms. The van der Waals surface area contributed by atoms with Crippen LogP contribution in [-0.2, 0) is 20.9 Å². The van der Waals surface area contributed by atoms with Gasteiger partial charge in [0.25, 0.3) is 5.91 Å². The first-order chi connectivity index (χ1) is 10.9. The summed E-state index contributed by atoms with van der Waals surface area (Å²) in [4.78, 5) is 35.1. The standard InChI is InChI=1S/C15H15ClN2O4S/c1-9-8-23-15(21)18(9)7-13(19)22-10(2)14(20)17-12-5-3-11(16)4-6-12/h3-6,8,10H,7H2,1-2H3,(H,17,20)/t10-/m0/s1. The number of anilines is 1. The quantitative estimate of drug-likeness (QED) is 0.836. The summed E-state index contributed by atoms with van der Waals surface area (Å²) in [5.74, 6) is -1.11. The number of amides is 1. The Bertz CT molecular complexity index is 767. The van der Waals surface area contributed by atoms with E-state index in [4.69, 9.17) is 16.3 Å². The summed E-state index contributed by atoms with van der Waals surface area (Å²) in [6.45, 7) is 2.97. The minimum atomic E-state index is -0.979. The summed E-state index contributed by atoms with van der Waals surface area (Å²) < 4.78 is 6.36. The smallest absolute Gasteiger partial charge is 0.326 e. The van der Waals surface area contributed by atoms with Gasteiger partial charge in [-0.25, -0.2) is 0 Å². The molecule has 1 aromatic heterocycles. The number of rotatable bonds is 5. The number of nitrogens with one attached hydrogen (secondary N) is 1. The van der Waals surface area contributed by atoms with Gasteiger partial charge in [0.2, 0.25) is 0 Å². The van der Waals surface area contributed by atoms with Crippen LogP contribution in [0.25, 0.3) is 0 Å². The van der Waals surface area contributed by atoms with Crippen LogP contribution in [0.4, 0.5) is 5.69 Å². The van der Waals surface area contributed by atoms with Crippen LogP contribution in [0.15, 0.2) is 34.4 Å². The van der Waals surface area contributed by atoms with Crippen molar-refractivity contribution in [1.29, 1.82) is 0 Å². The molecule has 0 aliphatic heterocycles. The molecule has 0 aliphatic rings. The highest BCUT2D eigenvalue weighted by Gasteiger charge is 2.19. The molecular formula is C15H15ClN2O4S. The Morgan fingerprint density at radius 3 is 2.57 bits per heavy atom. The lowest BCUT2D eigenvalue weighted by molar-refractivity contribution is -0.153. The number of benzene rings is 1. The van der Waals surface area contributed by atoms with Crippen molar-refractivity contribution in [2.24, 2.45) is 0 Å². The maximum atomic E-state index is 12.0. The highest BCUT2D eigenvalue weighted by molar-refractivity contribution is 7.07. The number of ether oxygens (including phenoxy) is 1. The summed E-state index contributed by atoms with van der Waals surface area (Å²) in [6, 6.07) is 6.56. The van der Waals surface area contributed by atoms with E-state index < -0.39 is 18.0 Å². The topological polar surface area (TPSA) is 77.4 Å². The molecule has 0 saturated heterocycles. The van der Waals surface area contributed by atoms with Crippen molar-refractivity contribution in [2.45, 2.75) is 26.5 Å². The third kappa shape index (κ3) is 4.67. The molecule has 2 aromatic rings. The summed E-state index contributed by atoms with van der Waals surface area (Å²) in [5.41, 5.74) is 1.22. The largest absolute Gasteiger partial charge is 0.451 e. The van der Waals surface area contributed by atoms with Gasteiger partial charge < -0.3 is 10.1 Å². The van der Waals surface area contributed by atoms with E-state index in [-0.39, 0.29) is 11.4 Å². The summed E-state index contributed by atoms with van der Waals surface area (Å²) in [7, 11) is 0. The number of aromatic nitrogens is 1. The second-order valence-electron chi connectivity index (χ2n) is 4.86. The van der Waals surface area contributed by atoms with E-state index in [9.17, 15) is 14.4 Å². The van der Waals surface area contributed by atoms with Gasteiger partial charge in [0.1, 0.15) is 6.54 Å². The predicted octanol–water partition coefficient (Wildman–Crippen LogP) is 2.44. The van der Waals surface area contributed by atoms with Crippen molar-refractivity contribution < 1.29 is 14.3 Å². The Morgan fingerprint density at radius 2 is 2.00 bits per heavy atom. The fourth-order valence-corrected chi connectivity index (χ4v) is 2.65. The summed E-state index contributed by atoms with van der Waals surface area (Å²) in [6.07, 6.45) is -0.979. The Labute approximate surface area is 141 Å². The van der Waals surface area contributed by atoms with Crippen molar-refractivity contribution in [3.8, 4) is 0 Å². The molecule has 0 radical (unpaired) electrons. The van der Waals surface area contributed by atoms with E-state index in [0.717, 1.165) is 11.3 Å². The number of esters is 1. The lowest BCUT2D eigenvalue weighted by Gasteiger charge is -2.14. The monoisotopic (exact) mass is 354 g/mol. The molecule has 1 amide bonds. The van der Waals surface area contributed by atoms with Crippen molar-refractivity contribution >= 4 is 40.5 Å². The van der Waals surface area contributed by atoms with Crippen molar-refractivity contribution in [3.05, 3.63) is 50.0 Å². The van der Waals surface area contributed by atoms with Crippen molar-refractivity contribution in [1.82, 2.24) is 4.57 Å². The number of carbonyl (C=O) groups excluding carboxylic acids is 2. The fourth-order valence-electron chi connectivity index (χ4n) is 1.79. The highest BCUT2D eigenvalue weighted by Crippen LogP contribution is 2.14. The minimum Gasteiger partial charge on any atom is -0.451 e. The Kier molecular flexibility index (Phi) is 5.57. The SMILES string of the molecule is Cc1csc(=O)n1CC(=O)O[C@@H](C)C(=O)Nc1ccc(Cl)cc1. The van der Waals surface area contributed by atoms with Crippen LogP contribution in [0.3, 0.4) is 0 Å². The zero-order valence-corrected chi connectivity index (χ0v) is 14.1. The molecule has 0 saturated carbocycles. The van der Waals surface area contributed by atoms with Gasteiger partial charge in [-0.05, 0) is 38.1 Å². The van der Waals surface area contributed by atoms with Crippen LogP contribution in [0.2, 0.25) is 5.02 Å². The minimum absolute atomic E-state index is 0.216. The lowest BCUT2D eigenvalue weighted by atomic mass is 10.3. The first kappa shape index (κ1) is 17.2. The maximum absolute atomic E-state index is 12.0. The van der Waals surface area contributed by atoms with Crippen LogP contribution >= 0.6 is 22.9 Å². The molecule has 1 atom stereocenters. The van der Waals surface area contributed by atoms with E-state index >= 15 is 0 Å². The van der Waals surface area contributed by atoms with E-state index in [0.29, 0.717) is 16.4 Å². The lowest BCUT2D eigenvalue weighted by Crippen LogP contribution is -2.32. The molecule has 122 valence electrons. The van der Waals surface area contributed by atoms with Crippen LogP contribution < -0.4 is 10.2 Å². The molecule has 2 rings (SSSR count). The van der Waals surface area contributed by atoms with Gasteiger partial charge in [-0.3, -0.25) is 19.0 Å². The first-order valence-corrected chi connectivity index (χ1v) is 8.03. The average molecular weight is 355 g/mol. The second-order valence-corrected chi connectivity index (χ2v) is 6.11. The van der Waals surface area contributed by atoms with E-state index in [1.54, 1.807) is 36.6 Å². The van der Waals surface area contributed by atoms with E-state index in [2.05, 4.69) is 5.32 Å². The predicted molar refractivity (Wildman–Crippen MR) is 89.0 cm³/mol. The van der Waals surface area contributed by atoms with Gasteiger partial charge in [0.15, 0.2) is 6.10 Å². The molecule has 0 unspecified atom stereocenters. The average Bonchev–Trinajstić information content (AvgIpc) is 2.81. The number of aryl methyl sites for hydroxylation is 1. The molecule has 0 spiro atoms. The molecule has 0 aliphatic carbocycles. The van der Waals surface area contributed by atoms with Crippen LogP contribution in [0.1, 0.15) is 12.6 Å². The van der Waals surface area contributed by atoms with Crippen LogP contribution in [0.5, 0.6) is 0 Å². The Hall–Kier alpha value is -2.12. The third-order valence-electron chi connectivity index (χ3n) is 3.05. The van der Waals surface area contributed by atoms with Gasteiger partial charge in [0.05, 0.1) is 0 Å². The molecule has 0 fully saturated rings. The summed E-state index contributed by atoms with van der Waals surface area (Å²) >= 11 is 6.77. The van der Waals surface area contributed by atoms with Gasteiger partial charge in [-0.2, -0.15) is 0 Å². The molecule has 8 heteroatoms. The van der Waals surface area contributed by atoms with Crippen molar-refractivity contribution in [3.63, 3.8) is 0 Å². The number of thiazole rings is 1. The number of nitrogens with zero attached hydrogens (tertiary/aromatic N) is 1. The molecular weight excluding hydrogens is 340 g/mol. The highest BCUT2D eigenvalue weighted by atomic mass is 35.5. The Balaban J connectivity index is 1.91. The Morgan fingerprint density at radius 1 is 1.35 bits per heavy atom. The second kappa shape index (κ2) is 7.43. The van der Waals surface area contributed by atoms with Crippen LogP contribution in [0, 0.1) is 6.92 Å². The van der Waals surface area contributed by atoms with Gasteiger partial charge in [-0.1, -0.05) is 22.9 Å². The molecule has 1 heterocycles. The molecule has 1 aromatic carbocycles. The van der Waals surface area contributed by atoms with E-state index in [1.807, 2.05) is 0 Å². The molecule has 6 nitrogen and oxygen atoms in total. The molecule has 0 bridgehead atoms. The van der Waals surface area contributed by atoms with Gasteiger partial charge in [0, 0.05) is 21.8 Å². The first-order valence-electron chi connectivity index (χ1n) is 6.77. The zero-order chi connectivity index (χ0) is 17.0. The summed E-state index contributed by atoms with van der Waals surface area (Å²) in [5, 5.41) is 4.83.